The number of carbonyl (C=O) groups excluding carboxylic acids is 1. The number of hydrogen-bond donors (Lipinski definition) is 1. The van der Waals surface area contributed by atoms with E-state index in [2.05, 4.69) is 9.97 Å². The van der Waals surface area contributed by atoms with Crippen LogP contribution in [-0.2, 0) is 11.2 Å². The molecule has 1 aromatic heterocycles. The molecule has 1 aliphatic heterocycles. The number of halogens is 1. The molecule has 0 spiro atoms. The summed E-state index contributed by atoms with van der Waals surface area (Å²) in [5, 5.41) is 0. The lowest BCUT2D eigenvalue weighted by Crippen LogP contribution is -2.37. The van der Waals surface area contributed by atoms with Crippen molar-refractivity contribution in [3.63, 3.8) is 0 Å². The topological polar surface area (TPSA) is 99.8 Å². The first-order valence-electron chi connectivity index (χ1n) is 10.5. The highest BCUT2D eigenvalue weighted by Gasteiger charge is 2.28. The molecule has 1 atom stereocenters. The summed E-state index contributed by atoms with van der Waals surface area (Å²) in [6, 6.07) is 11.6. The molecule has 8 nitrogen and oxygen atoms in total. The van der Waals surface area contributed by atoms with Crippen LogP contribution in [-0.4, -0.2) is 60.6 Å². The summed E-state index contributed by atoms with van der Waals surface area (Å²) >= 11 is 0. The quantitative estimate of drug-likeness (QED) is 0.557. The van der Waals surface area contributed by atoms with Crippen molar-refractivity contribution in [2.45, 2.75) is 12.5 Å². The molecule has 1 unspecified atom stereocenters. The smallest absolute Gasteiger partial charge is 0.220 e. The third kappa shape index (κ3) is 5.38. The van der Waals surface area contributed by atoms with Crippen LogP contribution in [0.25, 0.3) is 11.3 Å². The number of likely N-dealkylation sites (N-methyl/N-ethyl adjacent to an activating group) is 1. The fraction of sp³-hybridized carbons (Fsp3) is 0.292. The van der Waals surface area contributed by atoms with Gasteiger partial charge in [-0.1, -0.05) is 12.1 Å². The van der Waals surface area contributed by atoms with Crippen LogP contribution in [0.1, 0.15) is 5.56 Å². The Kier molecular flexibility index (Phi) is 6.69. The molecule has 2 N–H and O–H groups in total. The van der Waals surface area contributed by atoms with Gasteiger partial charge in [0.1, 0.15) is 24.8 Å². The standard InChI is InChI=1S/C24H25FN4O4/c1-29(2)9-10-31-22-13-16(18-7-8-27-24(26)28-18)17(25)11-15(22)12-19(30)23-14-32-20-5-3-4-6-21(20)33-23/h3-8,11,13,23H,9-10,12,14H2,1-2H3,(H2,26,27,28). The van der Waals surface area contributed by atoms with Crippen LogP contribution in [0.3, 0.4) is 0 Å². The van der Waals surface area contributed by atoms with E-state index < -0.39 is 11.9 Å². The Morgan fingerprint density at radius 3 is 2.79 bits per heavy atom. The minimum absolute atomic E-state index is 0.0379. The van der Waals surface area contributed by atoms with Crippen LogP contribution in [0.15, 0.2) is 48.7 Å². The minimum atomic E-state index is -0.793. The second-order valence-electron chi connectivity index (χ2n) is 7.90. The summed E-state index contributed by atoms with van der Waals surface area (Å²) in [6.45, 7) is 1.10. The number of nitrogen functional groups attached to an aromatic ring is 1. The molecule has 172 valence electrons. The van der Waals surface area contributed by atoms with Gasteiger partial charge in [-0.3, -0.25) is 4.79 Å². The number of nitrogens with two attached hydrogens (primary N) is 1. The Bertz CT molecular complexity index is 1160. The first-order chi connectivity index (χ1) is 15.9. The van der Waals surface area contributed by atoms with Crippen molar-refractivity contribution in [3.05, 3.63) is 60.0 Å². The number of ether oxygens (including phenoxy) is 3. The molecule has 0 saturated heterocycles. The molecule has 3 aromatic rings. The van der Waals surface area contributed by atoms with Gasteiger partial charge in [-0.05, 0) is 44.4 Å². The first-order valence-corrected chi connectivity index (χ1v) is 10.5. The number of anilines is 1. The van der Waals surface area contributed by atoms with Crippen LogP contribution < -0.4 is 19.9 Å². The fourth-order valence-corrected chi connectivity index (χ4v) is 3.41. The number of ketones is 1. The van der Waals surface area contributed by atoms with E-state index in [0.29, 0.717) is 41.7 Å². The lowest BCUT2D eigenvalue weighted by atomic mass is 10.0. The molecule has 0 bridgehead atoms. The number of carbonyl (C=O) groups is 1. The van der Waals surface area contributed by atoms with Crippen molar-refractivity contribution in [3.8, 4) is 28.5 Å². The number of benzene rings is 2. The molecular formula is C24H25FN4O4. The Hall–Kier alpha value is -3.72. The predicted octanol–water partition coefficient (Wildman–Crippen LogP) is 2.76. The molecule has 33 heavy (non-hydrogen) atoms. The third-order valence-corrected chi connectivity index (χ3v) is 5.13. The number of aromatic nitrogens is 2. The Morgan fingerprint density at radius 2 is 2.03 bits per heavy atom. The highest BCUT2D eigenvalue weighted by molar-refractivity contribution is 5.87. The molecule has 0 radical (unpaired) electrons. The number of fused-ring (bicyclic) bond motifs is 1. The zero-order valence-electron chi connectivity index (χ0n) is 18.5. The van der Waals surface area contributed by atoms with Crippen LogP contribution in [0.2, 0.25) is 0 Å². The maximum atomic E-state index is 15.1. The molecule has 0 aliphatic carbocycles. The highest BCUT2D eigenvalue weighted by atomic mass is 19.1. The van der Waals surface area contributed by atoms with E-state index >= 15 is 4.39 Å². The van der Waals surface area contributed by atoms with E-state index in [1.807, 2.05) is 25.1 Å². The van der Waals surface area contributed by atoms with Gasteiger partial charge in [0, 0.05) is 30.3 Å². The van der Waals surface area contributed by atoms with Gasteiger partial charge in [-0.25, -0.2) is 14.4 Å². The monoisotopic (exact) mass is 452 g/mol. The van der Waals surface area contributed by atoms with Gasteiger partial charge in [0.25, 0.3) is 0 Å². The molecule has 4 rings (SSSR count). The lowest BCUT2D eigenvalue weighted by molar-refractivity contribution is -0.127. The molecule has 0 saturated carbocycles. The van der Waals surface area contributed by atoms with E-state index in [-0.39, 0.29) is 30.3 Å². The molecule has 1 aliphatic rings. The molecular weight excluding hydrogens is 427 g/mol. The molecule has 2 aromatic carbocycles. The summed E-state index contributed by atoms with van der Waals surface area (Å²) < 4.78 is 32.4. The van der Waals surface area contributed by atoms with Crippen molar-refractivity contribution >= 4 is 11.7 Å². The van der Waals surface area contributed by atoms with Gasteiger partial charge >= 0.3 is 0 Å². The minimum Gasteiger partial charge on any atom is -0.492 e. The average molecular weight is 452 g/mol. The zero-order valence-corrected chi connectivity index (χ0v) is 18.5. The fourth-order valence-electron chi connectivity index (χ4n) is 3.41. The molecule has 0 fully saturated rings. The number of rotatable bonds is 8. The Labute approximate surface area is 191 Å². The van der Waals surface area contributed by atoms with Gasteiger partial charge in [-0.2, -0.15) is 0 Å². The maximum absolute atomic E-state index is 15.1. The van der Waals surface area contributed by atoms with Crippen molar-refractivity contribution < 1.29 is 23.4 Å². The van der Waals surface area contributed by atoms with Gasteiger partial charge in [-0.15, -0.1) is 0 Å². The van der Waals surface area contributed by atoms with Gasteiger partial charge in [0.15, 0.2) is 23.4 Å². The van der Waals surface area contributed by atoms with Crippen molar-refractivity contribution in [1.82, 2.24) is 14.9 Å². The summed E-state index contributed by atoms with van der Waals surface area (Å²) in [4.78, 5) is 22.9. The Balaban J connectivity index is 1.59. The normalized spacial score (nSPS) is 14.8. The number of Topliss-reactive ketones (excluding diaryl/α,β-unsaturated/α-hetero) is 1. The van der Waals surface area contributed by atoms with Crippen LogP contribution in [0.5, 0.6) is 17.2 Å². The predicted molar refractivity (Wildman–Crippen MR) is 121 cm³/mol. The number of para-hydroxylation sites is 2. The van der Waals surface area contributed by atoms with E-state index in [9.17, 15) is 4.79 Å². The summed E-state index contributed by atoms with van der Waals surface area (Å²) in [6.07, 6.45) is 0.592. The molecule has 2 heterocycles. The van der Waals surface area contributed by atoms with Gasteiger partial charge < -0.3 is 24.8 Å². The average Bonchev–Trinajstić information content (AvgIpc) is 2.79. The van der Waals surface area contributed by atoms with Crippen molar-refractivity contribution in [1.29, 1.82) is 0 Å². The number of nitrogens with zero attached hydrogens (tertiary/aromatic N) is 3. The van der Waals surface area contributed by atoms with Crippen molar-refractivity contribution in [2.75, 3.05) is 39.6 Å². The van der Waals surface area contributed by atoms with Gasteiger partial charge in [0.05, 0.1) is 5.69 Å². The maximum Gasteiger partial charge on any atom is 0.220 e. The lowest BCUT2D eigenvalue weighted by Gasteiger charge is -2.25. The largest absolute Gasteiger partial charge is 0.492 e. The summed E-state index contributed by atoms with van der Waals surface area (Å²) in [5.41, 5.74) is 6.62. The molecule has 9 heteroatoms. The first kappa shape index (κ1) is 22.5. The third-order valence-electron chi connectivity index (χ3n) is 5.13. The highest BCUT2D eigenvalue weighted by Crippen LogP contribution is 2.33. The van der Waals surface area contributed by atoms with E-state index in [1.54, 1.807) is 30.3 Å². The summed E-state index contributed by atoms with van der Waals surface area (Å²) in [5.74, 6) is 0.760. The second kappa shape index (κ2) is 9.83. The van der Waals surface area contributed by atoms with Crippen LogP contribution in [0.4, 0.5) is 10.3 Å². The Morgan fingerprint density at radius 1 is 1.24 bits per heavy atom. The molecule has 0 amide bonds. The van der Waals surface area contributed by atoms with Crippen LogP contribution in [0, 0.1) is 5.82 Å². The van der Waals surface area contributed by atoms with E-state index in [0.717, 1.165) is 0 Å². The van der Waals surface area contributed by atoms with Crippen molar-refractivity contribution in [2.24, 2.45) is 0 Å². The second-order valence-corrected chi connectivity index (χ2v) is 7.90. The SMILES string of the molecule is CN(C)CCOc1cc(-c2ccnc(N)n2)c(F)cc1CC(=O)C1COc2ccccc2O1. The number of hydrogen-bond acceptors (Lipinski definition) is 8. The van der Waals surface area contributed by atoms with Crippen LogP contribution >= 0.6 is 0 Å². The van der Waals surface area contributed by atoms with E-state index in [4.69, 9.17) is 19.9 Å². The summed E-state index contributed by atoms with van der Waals surface area (Å²) in [7, 11) is 3.84. The van der Waals surface area contributed by atoms with E-state index in [1.165, 1.54) is 12.3 Å². The zero-order chi connectivity index (χ0) is 23.4. The van der Waals surface area contributed by atoms with Gasteiger partial charge in [0.2, 0.25) is 5.95 Å².